The van der Waals surface area contributed by atoms with Gasteiger partial charge in [0.05, 0.1) is 10.6 Å². The molecule has 1 amide bonds. The molecule has 4 nitrogen and oxygen atoms in total. The van der Waals surface area contributed by atoms with Crippen LogP contribution >= 0.6 is 0 Å². The third kappa shape index (κ3) is 3.08. The van der Waals surface area contributed by atoms with Crippen LogP contribution in [0, 0.1) is 0 Å². The zero-order valence-electron chi connectivity index (χ0n) is 13.9. The van der Waals surface area contributed by atoms with Crippen molar-refractivity contribution in [1.82, 2.24) is 4.90 Å². The van der Waals surface area contributed by atoms with Gasteiger partial charge in [-0.1, -0.05) is 37.3 Å². The largest absolute Gasteiger partial charge is 0.338 e. The van der Waals surface area contributed by atoms with Crippen LogP contribution in [0.15, 0.2) is 53.4 Å². The van der Waals surface area contributed by atoms with Gasteiger partial charge in [-0.3, -0.25) is 4.79 Å². The molecular formula is C19H21NO3S. The lowest BCUT2D eigenvalue weighted by molar-refractivity contribution is 0.0737. The van der Waals surface area contributed by atoms with Crippen molar-refractivity contribution >= 4 is 15.7 Å². The second-order valence-electron chi connectivity index (χ2n) is 6.18. The topological polar surface area (TPSA) is 54.5 Å². The second-order valence-corrected chi connectivity index (χ2v) is 8.46. The third-order valence-corrected chi connectivity index (χ3v) is 6.45. The summed E-state index contributed by atoms with van der Waals surface area (Å²) >= 11 is 0. The van der Waals surface area contributed by atoms with Gasteiger partial charge in [-0.25, -0.2) is 8.42 Å². The highest BCUT2D eigenvalue weighted by Gasteiger charge is 2.28. The minimum atomic E-state index is -3.31. The van der Waals surface area contributed by atoms with Crippen molar-refractivity contribution in [2.24, 2.45) is 0 Å². The summed E-state index contributed by atoms with van der Waals surface area (Å²) in [7, 11) is -1.52. The Balaban J connectivity index is 1.81. The Morgan fingerprint density at radius 3 is 2.29 bits per heavy atom. The second kappa shape index (κ2) is 6.40. The van der Waals surface area contributed by atoms with E-state index in [4.69, 9.17) is 0 Å². The summed E-state index contributed by atoms with van der Waals surface area (Å²) < 4.78 is 24.1. The van der Waals surface area contributed by atoms with Crippen LogP contribution in [0.25, 0.3) is 0 Å². The van der Waals surface area contributed by atoms with E-state index in [1.165, 1.54) is 17.2 Å². The summed E-state index contributed by atoms with van der Waals surface area (Å²) in [6, 6.07) is 14.7. The van der Waals surface area contributed by atoms with Crippen LogP contribution in [0.5, 0.6) is 0 Å². The number of hydrogen-bond acceptors (Lipinski definition) is 3. The quantitative estimate of drug-likeness (QED) is 0.858. The molecule has 126 valence electrons. The van der Waals surface area contributed by atoms with E-state index < -0.39 is 9.84 Å². The van der Waals surface area contributed by atoms with Crippen LogP contribution in [-0.4, -0.2) is 38.1 Å². The van der Waals surface area contributed by atoms with Gasteiger partial charge < -0.3 is 4.90 Å². The maximum atomic E-state index is 12.8. The van der Waals surface area contributed by atoms with Gasteiger partial charge in [0.1, 0.15) is 0 Å². The molecule has 3 rings (SSSR count). The van der Waals surface area contributed by atoms with Crippen molar-refractivity contribution in [1.29, 1.82) is 0 Å². The fourth-order valence-electron chi connectivity index (χ4n) is 3.17. The number of likely N-dealkylation sites (N-methyl/N-ethyl adjacent to an activating group) is 1. The Bertz CT molecular complexity index is 849. The Hall–Kier alpha value is -2.14. The fraction of sp³-hybridized carbons (Fsp3) is 0.316. The molecule has 0 radical (unpaired) electrons. The van der Waals surface area contributed by atoms with Crippen molar-refractivity contribution < 1.29 is 13.2 Å². The highest BCUT2D eigenvalue weighted by molar-refractivity contribution is 7.91. The van der Waals surface area contributed by atoms with Gasteiger partial charge in [0.25, 0.3) is 5.91 Å². The maximum absolute atomic E-state index is 12.8. The molecule has 24 heavy (non-hydrogen) atoms. The lowest BCUT2D eigenvalue weighted by Gasteiger charge is -2.24. The number of nitrogens with zero attached hydrogens (tertiary/aromatic N) is 1. The molecule has 0 fully saturated rings. The number of rotatable bonds is 4. The Labute approximate surface area is 143 Å². The number of hydrogen-bond donors (Lipinski definition) is 0. The Morgan fingerprint density at radius 2 is 1.71 bits per heavy atom. The minimum Gasteiger partial charge on any atom is -0.338 e. The zero-order chi connectivity index (χ0) is 17.3. The van der Waals surface area contributed by atoms with E-state index in [0.29, 0.717) is 5.56 Å². The molecule has 0 saturated heterocycles. The van der Waals surface area contributed by atoms with E-state index in [-0.39, 0.29) is 22.6 Å². The smallest absolute Gasteiger partial charge is 0.253 e. The molecule has 0 saturated carbocycles. The zero-order valence-corrected chi connectivity index (χ0v) is 14.7. The van der Waals surface area contributed by atoms with Gasteiger partial charge in [-0.15, -0.1) is 0 Å². The first-order valence-corrected chi connectivity index (χ1v) is 9.74. The standard InChI is InChI=1S/C19H21NO3S/c1-3-24(22,23)18-10-6-9-16(13-18)19(21)20(2)17-11-14-7-4-5-8-15(14)12-17/h4-10,13,17H,3,11-12H2,1-2H3. The van der Waals surface area contributed by atoms with Gasteiger partial charge in [0.15, 0.2) is 9.84 Å². The predicted octanol–water partition coefficient (Wildman–Crippen LogP) is 2.72. The van der Waals surface area contributed by atoms with Gasteiger partial charge in [0, 0.05) is 18.7 Å². The molecule has 0 aliphatic heterocycles. The average Bonchev–Trinajstić information content (AvgIpc) is 3.04. The number of fused-ring (bicyclic) bond motifs is 1. The van der Waals surface area contributed by atoms with Crippen LogP contribution in [0.3, 0.4) is 0 Å². The number of benzene rings is 2. The van der Waals surface area contributed by atoms with Crippen LogP contribution in [-0.2, 0) is 22.7 Å². The number of sulfone groups is 1. The molecule has 0 spiro atoms. The summed E-state index contributed by atoms with van der Waals surface area (Å²) in [6.45, 7) is 1.60. The first-order valence-electron chi connectivity index (χ1n) is 8.09. The van der Waals surface area contributed by atoms with Gasteiger partial charge in [0.2, 0.25) is 0 Å². The molecule has 0 bridgehead atoms. The minimum absolute atomic E-state index is 0.0262. The van der Waals surface area contributed by atoms with Crippen LogP contribution < -0.4 is 0 Å². The summed E-state index contributed by atoms with van der Waals surface area (Å²) in [5.74, 6) is -0.112. The molecule has 0 unspecified atom stereocenters. The molecule has 0 N–H and O–H groups in total. The van der Waals surface area contributed by atoms with Gasteiger partial charge in [-0.2, -0.15) is 0 Å². The van der Waals surface area contributed by atoms with E-state index in [1.807, 2.05) is 12.1 Å². The van der Waals surface area contributed by atoms with E-state index in [0.717, 1.165) is 12.8 Å². The highest BCUT2D eigenvalue weighted by Crippen LogP contribution is 2.26. The molecular weight excluding hydrogens is 322 g/mol. The van der Waals surface area contributed by atoms with Crippen LogP contribution in [0.4, 0.5) is 0 Å². The summed E-state index contributed by atoms with van der Waals surface area (Å²) in [4.78, 5) is 14.7. The summed E-state index contributed by atoms with van der Waals surface area (Å²) in [5, 5.41) is 0. The van der Waals surface area contributed by atoms with Crippen molar-refractivity contribution in [3.63, 3.8) is 0 Å². The first kappa shape index (κ1) is 16.7. The average molecular weight is 343 g/mol. The summed E-state index contributed by atoms with van der Waals surface area (Å²) in [6.07, 6.45) is 1.68. The van der Waals surface area contributed by atoms with Crippen molar-refractivity contribution in [3.05, 3.63) is 65.2 Å². The van der Waals surface area contributed by atoms with Gasteiger partial charge >= 0.3 is 0 Å². The molecule has 0 atom stereocenters. The Morgan fingerprint density at radius 1 is 1.08 bits per heavy atom. The molecule has 5 heteroatoms. The molecule has 0 heterocycles. The highest BCUT2D eigenvalue weighted by atomic mass is 32.2. The number of carbonyl (C=O) groups excluding carboxylic acids is 1. The molecule has 0 aromatic heterocycles. The SMILES string of the molecule is CCS(=O)(=O)c1cccc(C(=O)N(C)C2Cc3ccccc3C2)c1. The normalized spacial score (nSPS) is 14.4. The van der Waals surface area contributed by atoms with Crippen molar-refractivity contribution in [2.75, 3.05) is 12.8 Å². The lowest BCUT2D eigenvalue weighted by Crippen LogP contribution is -2.37. The van der Waals surface area contributed by atoms with E-state index in [2.05, 4.69) is 12.1 Å². The number of amides is 1. The third-order valence-electron chi connectivity index (χ3n) is 4.72. The van der Waals surface area contributed by atoms with E-state index in [1.54, 1.807) is 37.1 Å². The van der Waals surface area contributed by atoms with E-state index in [9.17, 15) is 13.2 Å². The lowest BCUT2D eigenvalue weighted by atomic mass is 10.1. The monoisotopic (exact) mass is 343 g/mol. The fourth-order valence-corrected chi connectivity index (χ4v) is 4.09. The maximum Gasteiger partial charge on any atom is 0.253 e. The van der Waals surface area contributed by atoms with Crippen molar-refractivity contribution in [3.8, 4) is 0 Å². The molecule has 2 aromatic carbocycles. The molecule has 1 aliphatic rings. The van der Waals surface area contributed by atoms with Gasteiger partial charge in [-0.05, 0) is 42.2 Å². The molecule has 2 aromatic rings. The molecule has 1 aliphatic carbocycles. The Kier molecular flexibility index (Phi) is 4.45. The number of carbonyl (C=O) groups is 1. The van der Waals surface area contributed by atoms with Crippen LogP contribution in [0.1, 0.15) is 28.4 Å². The van der Waals surface area contributed by atoms with E-state index >= 15 is 0 Å². The van der Waals surface area contributed by atoms with Crippen molar-refractivity contribution in [2.45, 2.75) is 30.7 Å². The van der Waals surface area contributed by atoms with Crippen LogP contribution in [0.2, 0.25) is 0 Å². The first-order chi connectivity index (χ1) is 11.4. The summed E-state index contributed by atoms with van der Waals surface area (Å²) in [5.41, 5.74) is 2.98. The predicted molar refractivity (Wildman–Crippen MR) is 93.9 cm³/mol.